The van der Waals surface area contributed by atoms with Gasteiger partial charge in [-0.05, 0) is 25.7 Å². The van der Waals surface area contributed by atoms with E-state index < -0.39 is 0 Å². The Hall–Kier alpha value is -1.05. The number of hydrogen-bond donors (Lipinski definition) is 0. The van der Waals surface area contributed by atoms with Gasteiger partial charge in [-0.3, -0.25) is 4.79 Å². The minimum atomic E-state index is 0.164. The van der Waals surface area contributed by atoms with Gasteiger partial charge in [-0.1, -0.05) is 38.2 Å². The molecule has 2 nitrogen and oxygen atoms in total. The summed E-state index contributed by atoms with van der Waals surface area (Å²) in [6, 6.07) is 0. The molecule has 0 aliphatic heterocycles. The maximum Gasteiger partial charge on any atom is 0.219 e. The Morgan fingerprint density at radius 3 is 2.19 bits per heavy atom. The van der Waals surface area contributed by atoms with Gasteiger partial charge < -0.3 is 4.90 Å². The summed E-state index contributed by atoms with van der Waals surface area (Å²) in [5.41, 5.74) is 0. The fourth-order valence-electron chi connectivity index (χ4n) is 1.44. The molecule has 0 unspecified atom stereocenters. The summed E-state index contributed by atoms with van der Waals surface area (Å²) in [5, 5.41) is 0. The summed E-state index contributed by atoms with van der Waals surface area (Å²) in [5.74, 6) is 0.164. The summed E-state index contributed by atoms with van der Waals surface area (Å²) in [6.07, 6.45) is 12.9. The van der Waals surface area contributed by atoms with E-state index in [1.54, 1.807) is 6.92 Å². The van der Waals surface area contributed by atoms with Crippen molar-refractivity contribution < 1.29 is 4.79 Å². The zero-order chi connectivity index (χ0) is 12.2. The number of unbranched alkanes of at least 4 members (excludes halogenated alkanes) is 1. The van der Waals surface area contributed by atoms with E-state index in [1.807, 2.05) is 4.90 Å². The van der Waals surface area contributed by atoms with Crippen molar-refractivity contribution in [1.82, 2.24) is 4.90 Å². The van der Waals surface area contributed by atoms with Gasteiger partial charge in [0.15, 0.2) is 0 Å². The monoisotopic (exact) mass is 223 g/mol. The van der Waals surface area contributed by atoms with Gasteiger partial charge >= 0.3 is 0 Å². The maximum absolute atomic E-state index is 11.2. The Bertz CT molecular complexity index is 231. The highest BCUT2D eigenvalue weighted by Crippen LogP contribution is 1.97. The maximum atomic E-state index is 11.2. The van der Waals surface area contributed by atoms with E-state index >= 15 is 0 Å². The quantitative estimate of drug-likeness (QED) is 0.455. The highest BCUT2D eigenvalue weighted by atomic mass is 16.2. The summed E-state index contributed by atoms with van der Waals surface area (Å²) < 4.78 is 0. The zero-order valence-corrected chi connectivity index (χ0v) is 10.9. The van der Waals surface area contributed by atoms with Gasteiger partial charge in [0.25, 0.3) is 0 Å². The summed E-state index contributed by atoms with van der Waals surface area (Å²) in [4.78, 5) is 13.1. The molecule has 0 fully saturated rings. The fraction of sp³-hybridized carbons (Fsp3) is 0.643. The molecule has 0 atom stereocenters. The van der Waals surface area contributed by atoms with Crippen LogP contribution < -0.4 is 0 Å². The van der Waals surface area contributed by atoms with Crippen molar-refractivity contribution in [3.63, 3.8) is 0 Å². The molecule has 0 spiro atoms. The van der Waals surface area contributed by atoms with Crippen molar-refractivity contribution in [3.8, 4) is 0 Å². The standard InChI is InChI=1S/C14H25NO/c1-4-6-7-8-9-10-11-13-15(12-5-2)14(3)16/h6-7,10-11H,4-5,8-9,12-13H2,1-3H3. The highest BCUT2D eigenvalue weighted by molar-refractivity contribution is 5.73. The second-order valence-electron chi connectivity index (χ2n) is 3.89. The molecule has 0 saturated heterocycles. The lowest BCUT2D eigenvalue weighted by atomic mass is 10.2. The summed E-state index contributed by atoms with van der Waals surface area (Å²) >= 11 is 0. The van der Waals surface area contributed by atoms with Crippen LogP contribution >= 0.6 is 0 Å². The van der Waals surface area contributed by atoms with Gasteiger partial charge in [0.2, 0.25) is 5.91 Å². The second-order valence-corrected chi connectivity index (χ2v) is 3.89. The molecule has 16 heavy (non-hydrogen) atoms. The Kier molecular flexibility index (Phi) is 9.78. The smallest absolute Gasteiger partial charge is 0.219 e. The second kappa shape index (κ2) is 10.5. The number of carbonyl (C=O) groups is 1. The molecular weight excluding hydrogens is 198 g/mol. The van der Waals surface area contributed by atoms with Gasteiger partial charge in [0.1, 0.15) is 0 Å². The van der Waals surface area contributed by atoms with Crippen LogP contribution in [0.25, 0.3) is 0 Å². The van der Waals surface area contributed by atoms with Crippen LogP contribution in [0.3, 0.4) is 0 Å². The van der Waals surface area contributed by atoms with E-state index in [0.717, 1.165) is 38.8 Å². The van der Waals surface area contributed by atoms with Crippen molar-refractivity contribution in [2.24, 2.45) is 0 Å². The Labute approximate surface area is 100 Å². The summed E-state index contributed by atoms with van der Waals surface area (Å²) in [6.45, 7) is 7.47. The first-order valence-corrected chi connectivity index (χ1v) is 6.27. The lowest BCUT2D eigenvalue weighted by Gasteiger charge is -2.17. The molecule has 2 heteroatoms. The van der Waals surface area contributed by atoms with Crippen LogP contribution in [0.15, 0.2) is 24.3 Å². The van der Waals surface area contributed by atoms with Gasteiger partial charge in [0.05, 0.1) is 0 Å². The molecule has 0 aromatic rings. The molecule has 92 valence electrons. The Morgan fingerprint density at radius 1 is 1.06 bits per heavy atom. The first-order chi connectivity index (χ1) is 7.72. The number of amides is 1. The predicted octanol–water partition coefficient (Wildman–Crippen LogP) is 3.55. The SMILES string of the molecule is CCC=CCCC=CCN(CCC)C(C)=O. The molecule has 0 rings (SSSR count). The number of hydrogen-bond acceptors (Lipinski definition) is 1. The summed E-state index contributed by atoms with van der Waals surface area (Å²) in [7, 11) is 0. The molecule has 0 radical (unpaired) electrons. The molecule has 0 aliphatic carbocycles. The van der Waals surface area contributed by atoms with Crippen LogP contribution in [0.1, 0.15) is 46.5 Å². The normalized spacial score (nSPS) is 11.4. The molecule has 1 amide bonds. The van der Waals surface area contributed by atoms with E-state index in [4.69, 9.17) is 0 Å². The zero-order valence-electron chi connectivity index (χ0n) is 10.9. The van der Waals surface area contributed by atoms with Crippen molar-refractivity contribution in [2.75, 3.05) is 13.1 Å². The lowest BCUT2D eigenvalue weighted by molar-refractivity contribution is -0.128. The third-order valence-corrected chi connectivity index (χ3v) is 2.33. The average Bonchev–Trinajstić information content (AvgIpc) is 2.26. The minimum Gasteiger partial charge on any atom is -0.339 e. The molecule has 0 aromatic heterocycles. The first-order valence-electron chi connectivity index (χ1n) is 6.27. The molecule has 0 aliphatic rings. The third-order valence-electron chi connectivity index (χ3n) is 2.33. The molecule has 0 N–H and O–H groups in total. The Morgan fingerprint density at radius 2 is 1.69 bits per heavy atom. The fourth-order valence-corrected chi connectivity index (χ4v) is 1.44. The first kappa shape index (κ1) is 14.9. The van der Waals surface area contributed by atoms with Crippen LogP contribution in [0, 0.1) is 0 Å². The van der Waals surface area contributed by atoms with Gasteiger partial charge in [-0.25, -0.2) is 0 Å². The number of carbonyl (C=O) groups excluding carboxylic acids is 1. The largest absolute Gasteiger partial charge is 0.339 e. The van der Waals surface area contributed by atoms with Crippen molar-refractivity contribution >= 4 is 5.91 Å². The van der Waals surface area contributed by atoms with Crippen LogP contribution in [-0.2, 0) is 4.79 Å². The topological polar surface area (TPSA) is 20.3 Å². The molecular formula is C14H25NO. The van der Waals surface area contributed by atoms with Crippen LogP contribution in [-0.4, -0.2) is 23.9 Å². The molecule has 0 saturated carbocycles. The van der Waals surface area contributed by atoms with Crippen molar-refractivity contribution in [1.29, 1.82) is 0 Å². The number of nitrogens with zero attached hydrogens (tertiary/aromatic N) is 1. The van der Waals surface area contributed by atoms with Crippen molar-refractivity contribution in [2.45, 2.75) is 46.5 Å². The van der Waals surface area contributed by atoms with Crippen LogP contribution in [0.2, 0.25) is 0 Å². The minimum absolute atomic E-state index is 0.164. The van der Waals surface area contributed by atoms with E-state index in [0.29, 0.717) is 0 Å². The van der Waals surface area contributed by atoms with Gasteiger partial charge in [0, 0.05) is 20.0 Å². The number of allylic oxidation sites excluding steroid dienone is 3. The van der Waals surface area contributed by atoms with E-state index in [9.17, 15) is 4.79 Å². The number of rotatable bonds is 8. The van der Waals surface area contributed by atoms with E-state index in [2.05, 4.69) is 38.2 Å². The highest BCUT2D eigenvalue weighted by Gasteiger charge is 2.03. The van der Waals surface area contributed by atoms with Gasteiger partial charge in [-0.15, -0.1) is 0 Å². The average molecular weight is 223 g/mol. The predicted molar refractivity (Wildman–Crippen MR) is 70.4 cm³/mol. The van der Waals surface area contributed by atoms with Crippen LogP contribution in [0.4, 0.5) is 0 Å². The lowest BCUT2D eigenvalue weighted by Crippen LogP contribution is -2.29. The van der Waals surface area contributed by atoms with E-state index in [-0.39, 0.29) is 5.91 Å². The molecule has 0 aromatic carbocycles. The van der Waals surface area contributed by atoms with Crippen molar-refractivity contribution in [3.05, 3.63) is 24.3 Å². The third kappa shape index (κ3) is 8.27. The molecule has 0 bridgehead atoms. The van der Waals surface area contributed by atoms with Gasteiger partial charge in [-0.2, -0.15) is 0 Å². The molecule has 0 heterocycles. The Balaban J connectivity index is 3.70. The van der Waals surface area contributed by atoms with Crippen LogP contribution in [0.5, 0.6) is 0 Å². The van der Waals surface area contributed by atoms with E-state index in [1.165, 1.54) is 0 Å².